The molecule has 2 heteroatoms. The molecule has 0 radical (unpaired) electrons. The van der Waals surface area contributed by atoms with E-state index in [1.807, 2.05) is 13.8 Å². The Morgan fingerprint density at radius 2 is 2.12 bits per heavy atom. The predicted octanol–water partition coefficient (Wildman–Crippen LogP) is 0.496. The Morgan fingerprint density at radius 1 is 1.62 bits per heavy atom. The van der Waals surface area contributed by atoms with Crippen molar-refractivity contribution >= 4 is 0 Å². The molecule has 0 rings (SSSR count). The lowest BCUT2D eigenvalue weighted by molar-refractivity contribution is 0.243. The molecule has 0 amide bonds. The third-order valence-electron chi connectivity index (χ3n) is 1.49. The lowest BCUT2D eigenvalue weighted by Gasteiger charge is -2.20. The number of hydrogen-bond acceptors (Lipinski definition) is 2. The molecule has 0 bridgehead atoms. The second kappa shape index (κ2) is 3.05. The van der Waals surface area contributed by atoms with Crippen LogP contribution in [0.5, 0.6) is 0 Å². The van der Waals surface area contributed by atoms with Gasteiger partial charge < -0.3 is 10.8 Å². The summed E-state index contributed by atoms with van der Waals surface area (Å²) in [4.78, 5) is 0. The van der Waals surface area contributed by atoms with Crippen LogP contribution in [0, 0.1) is 0 Å². The molecular weight excluding hydrogens is 102 g/mol. The number of aliphatic hydroxyl groups excluding tert-OH is 1. The third kappa shape index (κ3) is 2.99. The molecular formula is C6H15NO. The molecule has 0 aliphatic rings. The summed E-state index contributed by atoms with van der Waals surface area (Å²) in [6, 6.07) is 0. The monoisotopic (exact) mass is 117 g/mol. The van der Waals surface area contributed by atoms with Crippen molar-refractivity contribution in [2.45, 2.75) is 32.2 Å². The van der Waals surface area contributed by atoms with Crippen molar-refractivity contribution in [2.24, 2.45) is 5.73 Å². The topological polar surface area (TPSA) is 46.2 Å². The van der Waals surface area contributed by atoms with Crippen molar-refractivity contribution < 1.29 is 5.11 Å². The van der Waals surface area contributed by atoms with Gasteiger partial charge in [-0.2, -0.15) is 0 Å². The van der Waals surface area contributed by atoms with E-state index in [1.54, 1.807) is 0 Å². The van der Waals surface area contributed by atoms with Gasteiger partial charge >= 0.3 is 0 Å². The highest BCUT2D eigenvalue weighted by atomic mass is 16.3. The standard InChI is InChI=1S/C6H15NO/c1-3-6(2,7)4-5-8/h8H,3-5,7H2,1-2H3/t6-/m0/s1. The summed E-state index contributed by atoms with van der Waals surface area (Å²) in [6.07, 6.45) is 1.62. The molecule has 0 saturated heterocycles. The summed E-state index contributed by atoms with van der Waals surface area (Å²) in [5.74, 6) is 0. The number of rotatable bonds is 3. The summed E-state index contributed by atoms with van der Waals surface area (Å²) in [5.41, 5.74) is 5.51. The van der Waals surface area contributed by atoms with Crippen molar-refractivity contribution in [1.29, 1.82) is 0 Å². The van der Waals surface area contributed by atoms with E-state index in [4.69, 9.17) is 10.8 Å². The highest BCUT2D eigenvalue weighted by Crippen LogP contribution is 2.07. The predicted molar refractivity (Wildman–Crippen MR) is 34.6 cm³/mol. The summed E-state index contributed by atoms with van der Waals surface area (Å²) in [5, 5.41) is 8.45. The first-order valence-electron chi connectivity index (χ1n) is 3.02. The van der Waals surface area contributed by atoms with Crippen LogP contribution < -0.4 is 5.73 Å². The Kier molecular flexibility index (Phi) is 3.02. The zero-order valence-electron chi connectivity index (χ0n) is 5.65. The molecule has 2 nitrogen and oxygen atoms in total. The Bertz CT molecular complexity index is 61.5. The normalized spacial score (nSPS) is 18.0. The number of hydrogen-bond donors (Lipinski definition) is 2. The van der Waals surface area contributed by atoms with Crippen LogP contribution in [-0.4, -0.2) is 17.3 Å². The molecule has 0 heterocycles. The molecule has 0 fully saturated rings. The molecule has 0 aliphatic carbocycles. The van der Waals surface area contributed by atoms with Crippen LogP contribution in [0.25, 0.3) is 0 Å². The van der Waals surface area contributed by atoms with Crippen molar-refractivity contribution in [1.82, 2.24) is 0 Å². The van der Waals surface area contributed by atoms with Gasteiger partial charge in [0.1, 0.15) is 0 Å². The molecule has 1 atom stereocenters. The van der Waals surface area contributed by atoms with Crippen LogP contribution in [0.15, 0.2) is 0 Å². The maximum Gasteiger partial charge on any atom is 0.0448 e. The molecule has 8 heavy (non-hydrogen) atoms. The van der Waals surface area contributed by atoms with E-state index >= 15 is 0 Å². The first-order valence-corrected chi connectivity index (χ1v) is 3.02. The lowest BCUT2D eigenvalue weighted by atomic mass is 9.97. The van der Waals surface area contributed by atoms with E-state index in [2.05, 4.69) is 0 Å². The average molecular weight is 117 g/mol. The Labute approximate surface area is 50.7 Å². The van der Waals surface area contributed by atoms with Gasteiger partial charge in [-0.05, 0) is 19.8 Å². The van der Waals surface area contributed by atoms with Gasteiger partial charge in [0.25, 0.3) is 0 Å². The summed E-state index contributed by atoms with van der Waals surface area (Å²) in [6.45, 7) is 4.17. The minimum absolute atomic E-state index is 0.158. The molecule has 3 N–H and O–H groups in total. The van der Waals surface area contributed by atoms with Crippen molar-refractivity contribution in [3.63, 3.8) is 0 Å². The second-order valence-electron chi connectivity index (χ2n) is 2.48. The summed E-state index contributed by atoms with van der Waals surface area (Å²) in [7, 11) is 0. The quantitative estimate of drug-likeness (QED) is 0.565. The maximum atomic E-state index is 8.45. The van der Waals surface area contributed by atoms with Crippen LogP contribution in [-0.2, 0) is 0 Å². The Morgan fingerprint density at radius 3 is 2.25 bits per heavy atom. The van der Waals surface area contributed by atoms with Crippen molar-refractivity contribution in [3.05, 3.63) is 0 Å². The first kappa shape index (κ1) is 7.92. The van der Waals surface area contributed by atoms with Crippen LogP contribution >= 0.6 is 0 Å². The molecule has 0 aromatic heterocycles. The zero-order valence-corrected chi connectivity index (χ0v) is 5.65. The van der Waals surface area contributed by atoms with Gasteiger partial charge in [-0.15, -0.1) is 0 Å². The average Bonchev–Trinajstić information content (AvgIpc) is 1.67. The van der Waals surface area contributed by atoms with Gasteiger partial charge in [0.15, 0.2) is 0 Å². The fourth-order valence-electron chi connectivity index (χ4n) is 0.432. The van der Waals surface area contributed by atoms with Gasteiger partial charge in [-0.1, -0.05) is 6.92 Å². The highest BCUT2D eigenvalue weighted by molar-refractivity contribution is 4.74. The number of aliphatic hydroxyl groups is 1. The molecule has 0 aromatic carbocycles. The molecule has 0 saturated carbocycles. The zero-order chi connectivity index (χ0) is 6.62. The fraction of sp³-hybridized carbons (Fsp3) is 1.00. The van der Waals surface area contributed by atoms with Crippen LogP contribution in [0.1, 0.15) is 26.7 Å². The van der Waals surface area contributed by atoms with E-state index in [9.17, 15) is 0 Å². The van der Waals surface area contributed by atoms with E-state index in [0.29, 0.717) is 6.42 Å². The largest absolute Gasteiger partial charge is 0.396 e. The summed E-state index contributed by atoms with van der Waals surface area (Å²) < 4.78 is 0. The lowest BCUT2D eigenvalue weighted by Crippen LogP contribution is -2.35. The second-order valence-corrected chi connectivity index (χ2v) is 2.48. The van der Waals surface area contributed by atoms with Crippen LogP contribution in [0.3, 0.4) is 0 Å². The van der Waals surface area contributed by atoms with Gasteiger partial charge in [-0.3, -0.25) is 0 Å². The Balaban J connectivity index is 3.37. The van der Waals surface area contributed by atoms with E-state index in [0.717, 1.165) is 6.42 Å². The highest BCUT2D eigenvalue weighted by Gasteiger charge is 2.12. The smallest absolute Gasteiger partial charge is 0.0448 e. The van der Waals surface area contributed by atoms with Crippen molar-refractivity contribution in [3.8, 4) is 0 Å². The molecule has 0 aromatic rings. The first-order chi connectivity index (χ1) is 3.62. The van der Waals surface area contributed by atoms with E-state index in [1.165, 1.54) is 0 Å². The minimum Gasteiger partial charge on any atom is -0.396 e. The number of nitrogens with two attached hydrogens (primary N) is 1. The SMILES string of the molecule is CC[C@](C)(N)CCO. The van der Waals surface area contributed by atoms with E-state index < -0.39 is 0 Å². The summed E-state index contributed by atoms with van der Waals surface area (Å²) >= 11 is 0. The maximum absolute atomic E-state index is 8.45. The third-order valence-corrected chi connectivity index (χ3v) is 1.49. The van der Waals surface area contributed by atoms with Gasteiger partial charge in [0.05, 0.1) is 0 Å². The van der Waals surface area contributed by atoms with Crippen LogP contribution in [0.4, 0.5) is 0 Å². The molecule has 0 spiro atoms. The molecule has 50 valence electrons. The van der Waals surface area contributed by atoms with Gasteiger partial charge in [-0.25, -0.2) is 0 Å². The minimum atomic E-state index is -0.158. The molecule has 0 unspecified atom stereocenters. The van der Waals surface area contributed by atoms with Gasteiger partial charge in [0, 0.05) is 12.1 Å². The van der Waals surface area contributed by atoms with Crippen molar-refractivity contribution in [2.75, 3.05) is 6.61 Å². The fourth-order valence-corrected chi connectivity index (χ4v) is 0.432. The molecule has 0 aliphatic heterocycles. The van der Waals surface area contributed by atoms with E-state index in [-0.39, 0.29) is 12.1 Å². The van der Waals surface area contributed by atoms with Gasteiger partial charge in [0.2, 0.25) is 0 Å². The Hall–Kier alpha value is -0.0800. The van der Waals surface area contributed by atoms with Crippen LogP contribution in [0.2, 0.25) is 0 Å².